The van der Waals surface area contributed by atoms with Crippen LogP contribution in [0.1, 0.15) is 33.3 Å². The largest absolute Gasteiger partial charge is 0.497 e. The number of ether oxygens (including phenoxy) is 4. The zero-order valence-electron chi connectivity index (χ0n) is 19.4. The molecule has 0 saturated heterocycles. The second kappa shape index (κ2) is 11.4. The van der Waals surface area contributed by atoms with E-state index < -0.39 is 29.7 Å². The van der Waals surface area contributed by atoms with Gasteiger partial charge in [0.1, 0.15) is 23.1 Å². The predicted molar refractivity (Wildman–Crippen MR) is 122 cm³/mol. The maximum absolute atomic E-state index is 13.2. The van der Waals surface area contributed by atoms with Crippen LogP contribution >= 0.6 is 0 Å². The van der Waals surface area contributed by atoms with Crippen LogP contribution in [0.2, 0.25) is 0 Å². The summed E-state index contributed by atoms with van der Waals surface area (Å²) in [6.07, 6.45) is -1.37. The number of alkyl carbamates (subject to hydrolysis) is 1. The van der Waals surface area contributed by atoms with Gasteiger partial charge < -0.3 is 29.6 Å². The summed E-state index contributed by atoms with van der Waals surface area (Å²) in [4.78, 5) is 25.6. The number of carbonyl (C=O) groups excluding carboxylic acids is 2. The summed E-state index contributed by atoms with van der Waals surface area (Å²) in [5, 5.41) is 5.41. The highest BCUT2D eigenvalue weighted by molar-refractivity contribution is 5.98. The van der Waals surface area contributed by atoms with E-state index in [4.69, 9.17) is 18.9 Å². The van der Waals surface area contributed by atoms with Gasteiger partial charge in [-0.05, 0) is 45.4 Å². The molecule has 2 rings (SSSR count). The number of amides is 2. The fourth-order valence-corrected chi connectivity index (χ4v) is 2.85. The van der Waals surface area contributed by atoms with E-state index >= 15 is 0 Å². The molecule has 0 aliphatic carbocycles. The summed E-state index contributed by atoms with van der Waals surface area (Å²) in [7, 11) is 3.03. The van der Waals surface area contributed by atoms with Crippen molar-refractivity contribution in [2.75, 3.05) is 19.5 Å². The van der Waals surface area contributed by atoms with Crippen LogP contribution in [0, 0.1) is 0 Å². The number of hydrogen-bond donors (Lipinski definition) is 2. The van der Waals surface area contributed by atoms with Crippen LogP contribution in [-0.2, 0) is 20.9 Å². The first-order valence-corrected chi connectivity index (χ1v) is 10.3. The molecule has 8 nitrogen and oxygen atoms in total. The van der Waals surface area contributed by atoms with Crippen LogP contribution in [0.4, 0.5) is 10.5 Å². The van der Waals surface area contributed by atoms with Gasteiger partial charge in [-0.3, -0.25) is 4.79 Å². The Kier molecular flexibility index (Phi) is 8.90. The maximum atomic E-state index is 13.2. The number of carbonyl (C=O) groups is 2. The third-order valence-corrected chi connectivity index (χ3v) is 4.44. The van der Waals surface area contributed by atoms with Crippen molar-refractivity contribution in [2.45, 2.75) is 52.0 Å². The van der Waals surface area contributed by atoms with E-state index in [0.29, 0.717) is 17.2 Å². The van der Waals surface area contributed by atoms with E-state index in [2.05, 4.69) is 10.6 Å². The van der Waals surface area contributed by atoms with Gasteiger partial charge in [0.15, 0.2) is 0 Å². The van der Waals surface area contributed by atoms with Crippen LogP contribution in [-0.4, -0.2) is 44.0 Å². The molecule has 2 atom stereocenters. The van der Waals surface area contributed by atoms with E-state index in [1.54, 1.807) is 45.9 Å². The van der Waals surface area contributed by atoms with Gasteiger partial charge in [0.25, 0.3) is 0 Å². The lowest BCUT2D eigenvalue weighted by molar-refractivity contribution is -0.122. The first kappa shape index (κ1) is 25.0. The number of rotatable bonds is 9. The molecule has 8 heteroatoms. The maximum Gasteiger partial charge on any atom is 0.408 e. The Labute approximate surface area is 189 Å². The Hall–Kier alpha value is -3.26. The van der Waals surface area contributed by atoms with Crippen molar-refractivity contribution >= 4 is 17.7 Å². The van der Waals surface area contributed by atoms with Crippen molar-refractivity contribution in [3.8, 4) is 11.5 Å². The first-order valence-electron chi connectivity index (χ1n) is 10.3. The summed E-state index contributed by atoms with van der Waals surface area (Å²) in [6, 6.07) is 13.6. The van der Waals surface area contributed by atoms with Gasteiger partial charge in [0.2, 0.25) is 5.91 Å². The molecule has 2 amide bonds. The second-order valence-electron chi connectivity index (χ2n) is 8.18. The standard InChI is InChI=1S/C24H32N2O6/c1-16(31-15-17-10-8-7-9-11-17)21(26-23(28)32-24(2,3)4)22(27)25-19-14-18(29-5)12-13-20(19)30-6/h7-14,16,21H,15H2,1-6H3,(H,25,27)(H,26,28). The molecular formula is C24H32N2O6. The zero-order valence-corrected chi connectivity index (χ0v) is 19.4. The SMILES string of the molecule is COc1ccc(OC)c(NC(=O)C(NC(=O)OC(C)(C)C)C(C)OCc2ccccc2)c1. The highest BCUT2D eigenvalue weighted by Crippen LogP contribution is 2.29. The molecule has 0 fully saturated rings. The number of methoxy groups -OCH3 is 2. The molecule has 2 aromatic carbocycles. The van der Waals surface area contributed by atoms with Crippen molar-refractivity contribution in [1.29, 1.82) is 0 Å². The number of hydrogen-bond acceptors (Lipinski definition) is 6. The van der Waals surface area contributed by atoms with Gasteiger partial charge in [0.05, 0.1) is 32.6 Å². The third-order valence-electron chi connectivity index (χ3n) is 4.44. The number of anilines is 1. The Morgan fingerprint density at radius 2 is 1.69 bits per heavy atom. The Balaban J connectivity index is 2.20. The van der Waals surface area contributed by atoms with Crippen LogP contribution in [0.25, 0.3) is 0 Å². The molecule has 0 radical (unpaired) electrons. The van der Waals surface area contributed by atoms with Crippen molar-refractivity contribution in [1.82, 2.24) is 5.32 Å². The monoisotopic (exact) mass is 444 g/mol. The molecule has 2 unspecified atom stereocenters. The van der Waals surface area contributed by atoms with E-state index in [1.165, 1.54) is 14.2 Å². The van der Waals surface area contributed by atoms with Gasteiger partial charge in [-0.25, -0.2) is 4.79 Å². The summed E-state index contributed by atoms with van der Waals surface area (Å²) in [5.41, 5.74) is 0.642. The van der Waals surface area contributed by atoms with Crippen LogP contribution < -0.4 is 20.1 Å². The molecule has 0 aliphatic rings. The highest BCUT2D eigenvalue weighted by atomic mass is 16.6. The molecule has 0 spiro atoms. The Morgan fingerprint density at radius 1 is 1.00 bits per heavy atom. The van der Waals surface area contributed by atoms with Gasteiger partial charge in [-0.2, -0.15) is 0 Å². The molecule has 0 bridgehead atoms. The Morgan fingerprint density at radius 3 is 2.28 bits per heavy atom. The third kappa shape index (κ3) is 7.77. The minimum absolute atomic E-state index is 0.282. The molecule has 2 N–H and O–H groups in total. The molecule has 0 heterocycles. The van der Waals surface area contributed by atoms with Crippen molar-refractivity contribution in [2.24, 2.45) is 0 Å². The van der Waals surface area contributed by atoms with Crippen LogP contribution in [0.5, 0.6) is 11.5 Å². The molecule has 0 aromatic heterocycles. The average Bonchev–Trinajstić information content (AvgIpc) is 2.75. The predicted octanol–water partition coefficient (Wildman–Crippen LogP) is 4.14. The molecule has 0 aliphatic heterocycles. The highest BCUT2D eigenvalue weighted by Gasteiger charge is 2.30. The lowest BCUT2D eigenvalue weighted by Gasteiger charge is -2.27. The zero-order chi connectivity index (χ0) is 23.7. The van der Waals surface area contributed by atoms with E-state index in [0.717, 1.165) is 5.56 Å². The first-order chi connectivity index (χ1) is 15.1. The van der Waals surface area contributed by atoms with E-state index in [1.807, 2.05) is 30.3 Å². The molecule has 32 heavy (non-hydrogen) atoms. The van der Waals surface area contributed by atoms with Crippen molar-refractivity contribution in [3.63, 3.8) is 0 Å². The van der Waals surface area contributed by atoms with E-state index in [9.17, 15) is 9.59 Å². The van der Waals surface area contributed by atoms with Crippen molar-refractivity contribution < 1.29 is 28.5 Å². The molecule has 0 saturated carbocycles. The Bertz CT molecular complexity index is 895. The summed E-state index contributed by atoms with van der Waals surface area (Å²) >= 11 is 0. The van der Waals surface area contributed by atoms with Gasteiger partial charge in [-0.1, -0.05) is 30.3 Å². The normalized spacial score (nSPS) is 12.9. The fourth-order valence-electron chi connectivity index (χ4n) is 2.85. The fraction of sp³-hybridized carbons (Fsp3) is 0.417. The summed E-state index contributed by atoms with van der Waals surface area (Å²) in [5.74, 6) is 0.516. The number of nitrogens with one attached hydrogen (secondary N) is 2. The summed E-state index contributed by atoms with van der Waals surface area (Å²) in [6.45, 7) is 7.24. The lowest BCUT2D eigenvalue weighted by Crippen LogP contribution is -2.52. The van der Waals surface area contributed by atoms with E-state index in [-0.39, 0.29) is 6.61 Å². The van der Waals surface area contributed by atoms with Gasteiger partial charge in [-0.15, -0.1) is 0 Å². The smallest absolute Gasteiger partial charge is 0.408 e. The van der Waals surface area contributed by atoms with Gasteiger partial charge >= 0.3 is 6.09 Å². The molecule has 174 valence electrons. The van der Waals surface area contributed by atoms with Crippen molar-refractivity contribution in [3.05, 3.63) is 54.1 Å². The average molecular weight is 445 g/mol. The molecular weight excluding hydrogens is 412 g/mol. The van der Waals surface area contributed by atoms with Crippen LogP contribution in [0.15, 0.2) is 48.5 Å². The van der Waals surface area contributed by atoms with Crippen LogP contribution in [0.3, 0.4) is 0 Å². The second-order valence-corrected chi connectivity index (χ2v) is 8.18. The minimum Gasteiger partial charge on any atom is -0.497 e. The molecule has 2 aromatic rings. The van der Waals surface area contributed by atoms with Gasteiger partial charge in [0, 0.05) is 6.07 Å². The minimum atomic E-state index is -1.02. The topological polar surface area (TPSA) is 95.1 Å². The quantitative estimate of drug-likeness (QED) is 0.604. The lowest BCUT2D eigenvalue weighted by atomic mass is 10.1. The number of benzene rings is 2. The summed E-state index contributed by atoms with van der Waals surface area (Å²) < 4.78 is 21.8.